The minimum absolute atomic E-state index is 0.175. The Morgan fingerprint density at radius 2 is 1.78 bits per heavy atom. The summed E-state index contributed by atoms with van der Waals surface area (Å²) in [5.41, 5.74) is 0.815. The first-order valence-electron chi connectivity index (χ1n) is 11.6. The number of hydrogen-bond donors (Lipinski definition) is 2. The molecule has 190 valence electrons. The summed E-state index contributed by atoms with van der Waals surface area (Å²) in [6, 6.07) is 5.74. The predicted molar refractivity (Wildman–Crippen MR) is 140 cm³/mol. The van der Waals surface area contributed by atoms with Crippen LogP contribution in [0.4, 0.5) is 17.6 Å². The summed E-state index contributed by atoms with van der Waals surface area (Å²) in [4.78, 5) is 19.6. The number of rotatable bonds is 9. The van der Waals surface area contributed by atoms with Gasteiger partial charge in [0.05, 0.1) is 45.2 Å². The second kappa shape index (κ2) is 10.6. The zero-order chi connectivity index (χ0) is 25.1. The first-order chi connectivity index (χ1) is 17.6. The molecule has 12 heteroatoms. The van der Waals surface area contributed by atoms with Crippen LogP contribution in [0.15, 0.2) is 36.1 Å². The van der Waals surface area contributed by atoms with Crippen molar-refractivity contribution in [2.75, 3.05) is 70.9 Å². The standard InChI is InChI=1S/C24H29N7O4S/c1-33-18-12-16(13-19(34-2)21(18)35-3)31-14-20(25-15-31)26-22-17-4-11-36-23(17)28-24(27-22)30-7-5-29(6-8-30)9-10-32/h4,11-15,32H,5-10H2,1-3H3,(H,26,27,28). The van der Waals surface area contributed by atoms with E-state index in [0.717, 1.165) is 42.1 Å². The maximum atomic E-state index is 9.21. The number of hydrogen-bond acceptors (Lipinski definition) is 11. The Balaban J connectivity index is 1.41. The molecule has 36 heavy (non-hydrogen) atoms. The Hall–Kier alpha value is -3.61. The number of methoxy groups -OCH3 is 3. The van der Waals surface area contributed by atoms with Gasteiger partial charge in [-0.2, -0.15) is 4.98 Å². The zero-order valence-electron chi connectivity index (χ0n) is 20.5. The van der Waals surface area contributed by atoms with Gasteiger partial charge in [0, 0.05) is 44.9 Å². The lowest BCUT2D eigenvalue weighted by Gasteiger charge is -2.34. The Morgan fingerprint density at radius 3 is 2.44 bits per heavy atom. The minimum atomic E-state index is 0.175. The number of nitrogens with zero attached hydrogens (tertiary/aromatic N) is 6. The van der Waals surface area contributed by atoms with E-state index in [1.165, 1.54) is 0 Å². The quantitative estimate of drug-likeness (QED) is 0.348. The van der Waals surface area contributed by atoms with Gasteiger partial charge in [-0.3, -0.25) is 4.90 Å². The van der Waals surface area contributed by atoms with E-state index in [9.17, 15) is 5.11 Å². The van der Waals surface area contributed by atoms with E-state index in [0.29, 0.717) is 41.4 Å². The first-order valence-corrected chi connectivity index (χ1v) is 12.5. The van der Waals surface area contributed by atoms with E-state index in [-0.39, 0.29) is 6.61 Å². The van der Waals surface area contributed by atoms with Gasteiger partial charge in [-0.15, -0.1) is 11.3 Å². The summed E-state index contributed by atoms with van der Waals surface area (Å²) in [6.07, 6.45) is 3.60. The normalized spacial score (nSPS) is 14.3. The topological polar surface area (TPSA) is 110 Å². The lowest BCUT2D eigenvalue weighted by molar-refractivity contribution is 0.188. The Kier molecular flexibility index (Phi) is 7.07. The predicted octanol–water partition coefficient (Wildman–Crippen LogP) is 2.76. The molecule has 1 aliphatic rings. The van der Waals surface area contributed by atoms with Gasteiger partial charge in [0.2, 0.25) is 11.7 Å². The highest BCUT2D eigenvalue weighted by Gasteiger charge is 2.21. The molecule has 0 radical (unpaired) electrons. The van der Waals surface area contributed by atoms with Gasteiger partial charge in [0.15, 0.2) is 11.5 Å². The van der Waals surface area contributed by atoms with Crippen molar-refractivity contribution in [2.45, 2.75) is 0 Å². The van der Waals surface area contributed by atoms with E-state index in [4.69, 9.17) is 24.2 Å². The van der Waals surface area contributed by atoms with Gasteiger partial charge >= 0.3 is 0 Å². The van der Waals surface area contributed by atoms with Crippen LogP contribution in [0.25, 0.3) is 15.9 Å². The molecule has 4 heterocycles. The van der Waals surface area contributed by atoms with Crippen LogP contribution >= 0.6 is 11.3 Å². The average molecular weight is 512 g/mol. The highest BCUT2D eigenvalue weighted by molar-refractivity contribution is 7.16. The number of ether oxygens (including phenoxy) is 3. The number of aromatic nitrogens is 4. The number of fused-ring (bicyclic) bond motifs is 1. The number of β-amino-alcohol motifs (C(OH)–C–C–N with tert-alkyl or cyclic N) is 1. The van der Waals surface area contributed by atoms with Gasteiger partial charge in [-0.25, -0.2) is 9.97 Å². The monoisotopic (exact) mass is 511 g/mol. The van der Waals surface area contributed by atoms with Crippen molar-refractivity contribution in [1.29, 1.82) is 0 Å². The van der Waals surface area contributed by atoms with E-state index in [1.54, 1.807) is 39.0 Å². The Morgan fingerprint density at radius 1 is 1.03 bits per heavy atom. The molecule has 0 spiro atoms. The third-order valence-electron chi connectivity index (χ3n) is 6.16. The molecule has 0 atom stereocenters. The smallest absolute Gasteiger partial charge is 0.228 e. The van der Waals surface area contributed by atoms with E-state index < -0.39 is 0 Å². The summed E-state index contributed by atoms with van der Waals surface area (Å²) in [5, 5.41) is 15.6. The highest BCUT2D eigenvalue weighted by Crippen LogP contribution is 2.39. The highest BCUT2D eigenvalue weighted by atomic mass is 32.1. The van der Waals surface area contributed by atoms with E-state index >= 15 is 0 Å². The van der Waals surface area contributed by atoms with Crippen LogP contribution < -0.4 is 24.4 Å². The summed E-state index contributed by atoms with van der Waals surface area (Å²) < 4.78 is 18.3. The summed E-state index contributed by atoms with van der Waals surface area (Å²) >= 11 is 1.59. The molecule has 1 saturated heterocycles. The molecule has 0 amide bonds. The van der Waals surface area contributed by atoms with Crippen LogP contribution in [-0.4, -0.2) is 90.2 Å². The van der Waals surface area contributed by atoms with Gasteiger partial charge in [0.25, 0.3) is 0 Å². The van der Waals surface area contributed by atoms with Crippen molar-refractivity contribution in [1.82, 2.24) is 24.4 Å². The third kappa shape index (κ3) is 4.74. The summed E-state index contributed by atoms with van der Waals surface area (Å²) in [6.45, 7) is 4.23. The molecule has 5 rings (SSSR count). The minimum Gasteiger partial charge on any atom is -0.493 e. The van der Waals surface area contributed by atoms with Crippen LogP contribution in [0.1, 0.15) is 0 Å². The molecule has 0 aliphatic carbocycles. The third-order valence-corrected chi connectivity index (χ3v) is 6.97. The molecular formula is C24H29N7O4S. The molecule has 1 aliphatic heterocycles. The zero-order valence-corrected chi connectivity index (χ0v) is 21.3. The molecule has 0 bridgehead atoms. The largest absolute Gasteiger partial charge is 0.493 e. The second-order valence-corrected chi connectivity index (χ2v) is 9.13. The SMILES string of the molecule is COc1cc(-n2cnc(Nc3nc(N4CCN(CCO)CC4)nc4sccc34)c2)cc(OC)c1OC. The van der Waals surface area contributed by atoms with Crippen molar-refractivity contribution >= 4 is 39.1 Å². The molecule has 1 fully saturated rings. The number of aliphatic hydroxyl groups is 1. The van der Waals surface area contributed by atoms with Crippen molar-refractivity contribution < 1.29 is 19.3 Å². The lowest BCUT2D eigenvalue weighted by Crippen LogP contribution is -2.47. The number of piperazine rings is 1. The van der Waals surface area contributed by atoms with Gasteiger partial charge in [-0.05, 0) is 11.4 Å². The summed E-state index contributed by atoms with van der Waals surface area (Å²) in [7, 11) is 4.76. The first kappa shape index (κ1) is 24.1. The van der Waals surface area contributed by atoms with Gasteiger partial charge in [-0.1, -0.05) is 0 Å². The van der Waals surface area contributed by atoms with E-state index in [1.807, 2.05) is 34.3 Å². The molecule has 0 unspecified atom stereocenters. The Bertz CT molecular complexity index is 1310. The molecule has 1 aromatic carbocycles. The van der Waals surface area contributed by atoms with Gasteiger partial charge < -0.3 is 34.1 Å². The van der Waals surface area contributed by atoms with Gasteiger partial charge in [0.1, 0.15) is 22.8 Å². The fraction of sp³-hybridized carbons (Fsp3) is 0.375. The number of benzene rings is 1. The van der Waals surface area contributed by atoms with Crippen LogP contribution in [0.2, 0.25) is 0 Å². The molecule has 4 aromatic rings. The molecule has 11 nitrogen and oxygen atoms in total. The van der Waals surface area contributed by atoms with Crippen molar-refractivity contribution in [3.05, 3.63) is 36.1 Å². The average Bonchev–Trinajstić information content (AvgIpc) is 3.58. The number of nitrogens with one attached hydrogen (secondary N) is 1. The van der Waals surface area contributed by atoms with Crippen LogP contribution in [-0.2, 0) is 0 Å². The maximum Gasteiger partial charge on any atom is 0.228 e. The van der Waals surface area contributed by atoms with E-state index in [2.05, 4.69) is 20.1 Å². The number of anilines is 3. The number of imidazole rings is 1. The molecule has 0 saturated carbocycles. The van der Waals surface area contributed by atoms with Crippen molar-refractivity contribution in [2.24, 2.45) is 0 Å². The molecular weight excluding hydrogens is 482 g/mol. The second-order valence-electron chi connectivity index (χ2n) is 8.24. The Labute approximate surface area is 212 Å². The fourth-order valence-corrected chi connectivity index (χ4v) is 5.02. The number of thiophene rings is 1. The van der Waals surface area contributed by atoms with Crippen LogP contribution in [0.5, 0.6) is 17.2 Å². The van der Waals surface area contributed by atoms with Crippen LogP contribution in [0.3, 0.4) is 0 Å². The van der Waals surface area contributed by atoms with Crippen molar-refractivity contribution in [3.8, 4) is 22.9 Å². The summed E-state index contributed by atoms with van der Waals surface area (Å²) in [5.74, 6) is 3.72. The van der Waals surface area contributed by atoms with Crippen LogP contribution in [0, 0.1) is 0 Å². The molecule has 2 N–H and O–H groups in total. The lowest BCUT2D eigenvalue weighted by atomic mass is 10.2. The maximum absolute atomic E-state index is 9.21. The van der Waals surface area contributed by atoms with Crippen molar-refractivity contribution in [3.63, 3.8) is 0 Å². The molecule has 3 aromatic heterocycles. The fourth-order valence-electron chi connectivity index (χ4n) is 4.26. The number of aliphatic hydroxyl groups excluding tert-OH is 1.